The first-order valence-corrected chi connectivity index (χ1v) is 13.1. The number of imide groups is 2. The number of nitrogens with zero attached hydrogens (tertiary/aromatic N) is 1. The Morgan fingerprint density at radius 2 is 1.79 bits per heavy atom. The number of barbiturate groups is 1. The summed E-state index contributed by atoms with van der Waals surface area (Å²) in [5, 5.41) is 2.60. The molecule has 1 fully saturated rings. The van der Waals surface area contributed by atoms with Gasteiger partial charge in [0.15, 0.2) is 23.0 Å². The number of rotatable bonds is 7. The molecule has 3 aromatic rings. The predicted octanol–water partition coefficient (Wildman–Crippen LogP) is 5.78. The van der Waals surface area contributed by atoms with Crippen molar-refractivity contribution in [1.82, 2.24) is 5.32 Å². The van der Waals surface area contributed by atoms with E-state index in [1.165, 1.54) is 12.1 Å². The molecule has 3 aromatic carbocycles. The molecule has 0 aromatic heterocycles. The van der Waals surface area contributed by atoms with E-state index in [4.69, 9.17) is 30.5 Å². The third kappa shape index (κ3) is 5.43. The summed E-state index contributed by atoms with van der Waals surface area (Å²) in [6, 6.07) is 12.8. The maximum atomic E-state index is 13.3. The molecule has 9 nitrogen and oxygen atoms in total. The second kappa shape index (κ2) is 11.0. The summed E-state index contributed by atoms with van der Waals surface area (Å²) < 4.78 is 23.1. The lowest BCUT2D eigenvalue weighted by atomic mass is 10.1. The lowest BCUT2D eigenvalue weighted by molar-refractivity contribution is -0.122. The summed E-state index contributed by atoms with van der Waals surface area (Å²) >= 11 is 9.70. The van der Waals surface area contributed by atoms with Crippen molar-refractivity contribution in [2.45, 2.75) is 20.5 Å². The van der Waals surface area contributed by atoms with Crippen LogP contribution in [0.3, 0.4) is 0 Å². The van der Waals surface area contributed by atoms with Gasteiger partial charge in [-0.3, -0.25) is 14.9 Å². The first-order chi connectivity index (χ1) is 18.7. The standard InChI is InChI=1S/C28H22BrClN2O7/c1-3-36-24-10-17(20(29)12-25(24)37-13-16-5-7-22-23(8-16)39-14-38-22)9-19-26(33)31-28(35)32(27(19)34)18-6-4-15(2)21(30)11-18/h4-12H,3,13-14H2,1-2H3,(H,31,33,35)/b19-9-. The molecule has 5 rings (SSSR count). The number of carbonyl (C=O) groups excluding carboxylic acids is 3. The normalized spacial score (nSPS) is 15.5. The molecule has 0 unspecified atom stereocenters. The molecule has 200 valence electrons. The Morgan fingerprint density at radius 3 is 2.56 bits per heavy atom. The number of benzene rings is 3. The van der Waals surface area contributed by atoms with E-state index in [-0.39, 0.29) is 24.7 Å². The van der Waals surface area contributed by atoms with Crippen LogP contribution in [0.2, 0.25) is 5.02 Å². The van der Waals surface area contributed by atoms with E-state index in [1.807, 2.05) is 25.1 Å². The number of halogens is 2. The zero-order valence-corrected chi connectivity index (χ0v) is 23.2. The fourth-order valence-corrected chi connectivity index (χ4v) is 4.61. The topological polar surface area (TPSA) is 103 Å². The van der Waals surface area contributed by atoms with Crippen LogP contribution in [0, 0.1) is 6.92 Å². The lowest BCUT2D eigenvalue weighted by Crippen LogP contribution is -2.54. The molecule has 0 bridgehead atoms. The zero-order chi connectivity index (χ0) is 27.7. The number of aryl methyl sites for hydroxylation is 1. The van der Waals surface area contributed by atoms with Crippen LogP contribution < -0.4 is 29.2 Å². The van der Waals surface area contributed by atoms with E-state index < -0.39 is 17.8 Å². The molecule has 2 aliphatic rings. The maximum Gasteiger partial charge on any atom is 0.335 e. The molecule has 1 saturated heterocycles. The van der Waals surface area contributed by atoms with Gasteiger partial charge in [0, 0.05) is 9.50 Å². The number of anilines is 1. The molecule has 39 heavy (non-hydrogen) atoms. The highest BCUT2D eigenvalue weighted by atomic mass is 79.9. The van der Waals surface area contributed by atoms with Crippen molar-refractivity contribution < 1.29 is 33.3 Å². The van der Waals surface area contributed by atoms with Crippen LogP contribution in [-0.2, 0) is 16.2 Å². The van der Waals surface area contributed by atoms with Crippen molar-refractivity contribution in [2.24, 2.45) is 0 Å². The van der Waals surface area contributed by atoms with E-state index in [2.05, 4.69) is 21.2 Å². The highest BCUT2D eigenvalue weighted by molar-refractivity contribution is 9.10. The molecular formula is C28H22BrClN2O7. The Hall–Kier alpha value is -4.02. The predicted molar refractivity (Wildman–Crippen MR) is 147 cm³/mol. The minimum absolute atomic E-state index is 0.184. The van der Waals surface area contributed by atoms with Gasteiger partial charge in [-0.1, -0.05) is 39.7 Å². The number of amides is 4. The molecule has 1 N–H and O–H groups in total. The second-order valence-electron chi connectivity index (χ2n) is 8.62. The van der Waals surface area contributed by atoms with Crippen molar-refractivity contribution in [3.8, 4) is 23.0 Å². The van der Waals surface area contributed by atoms with Gasteiger partial charge in [0.25, 0.3) is 11.8 Å². The van der Waals surface area contributed by atoms with Crippen LogP contribution in [0.15, 0.2) is 58.6 Å². The minimum atomic E-state index is -0.858. The van der Waals surface area contributed by atoms with Crippen molar-refractivity contribution in [1.29, 1.82) is 0 Å². The SMILES string of the molecule is CCOc1cc(/C=C2/C(=O)NC(=O)N(c3ccc(C)c(Cl)c3)C2=O)c(Br)cc1OCc1ccc2c(c1)OCO2. The van der Waals surface area contributed by atoms with Crippen LogP contribution in [0.5, 0.6) is 23.0 Å². The molecule has 11 heteroatoms. The molecular weight excluding hydrogens is 592 g/mol. The number of urea groups is 1. The van der Waals surface area contributed by atoms with E-state index in [0.29, 0.717) is 44.7 Å². The third-order valence-corrected chi connectivity index (χ3v) is 7.10. The first kappa shape index (κ1) is 26.6. The molecule has 4 amide bonds. The van der Waals surface area contributed by atoms with E-state index in [0.717, 1.165) is 16.0 Å². The largest absolute Gasteiger partial charge is 0.490 e. The zero-order valence-electron chi connectivity index (χ0n) is 20.9. The van der Waals surface area contributed by atoms with Gasteiger partial charge in [0.05, 0.1) is 12.3 Å². The van der Waals surface area contributed by atoms with Crippen LogP contribution in [0.1, 0.15) is 23.6 Å². The van der Waals surface area contributed by atoms with Crippen LogP contribution in [-0.4, -0.2) is 31.2 Å². The van der Waals surface area contributed by atoms with Gasteiger partial charge in [0.1, 0.15) is 12.2 Å². The lowest BCUT2D eigenvalue weighted by Gasteiger charge is -2.26. The van der Waals surface area contributed by atoms with E-state index in [9.17, 15) is 14.4 Å². The average molecular weight is 614 g/mol. The monoisotopic (exact) mass is 612 g/mol. The van der Waals surface area contributed by atoms with Gasteiger partial charge in [-0.25, -0.2) is 9.69 Å². The quantitative estimate of drug-likeness (QED) is 0.266. The van der Waals surface area contributed by atoms with Crippen LogP contribution in [0.4, 0.5) is 10.5 Å². The molecule has 2 heterocycles. The number of carbonyl (C=O) groups is 3. The van der Waals surface area contributed by atoms with Gasteiger partial charge in [-0.15, -0.1) is 0 Å². The third-order valence-electron chi connectivity index (χ3n) is 6.01. The van der Waals surface area contributed by atoms with Gasteiger partial charge < -0.3 is 18.9 Å². The van der Waals surface area contributed by atoms with Gasteiger partial charge >= 0.3 is 6.03 Å². The van der Waals surface area contributed by atoms with Crippen LogP contribution in [0.25, 0.3) is 6.08 Å². The number of hydrogen-bond acceptors (Lipinski definition) is 7. The molecule has 0 spiro atoms. The highest BCUT2D eigenvalue weighted by Gasteiger charge is 2.37. The molecule has 0 atom stereocenters. The first-order valence-electron chi connectivity index (χ1n) is 11.9. The maximum absolute atomic E-state index is 13.3. The van der Waals surface area contributed by atoms with Crippen molar-refractivity contribution in [2.75, 3.05) is 18.3 Å². The van der Waals surface area contributed by atoms with Gasteiger partial charge in [-0.05, 0) is 73.0 Å². The smallest absolute Gasteiger partial charge is 0.335 e. The van der Waals surface area contributed by atoms with Gasteiger partial charge in [0.2, 0.25) is 6.79 Å². The Labute approximate surface area is 237 Å². The van der Waals surface area contributed by atoms with E-state index in [1.54, 1.807) is 31.2 Å². The Morgan fingerprint density at radius 1 is 1.03 bits per heavy atom. The fourth-order valence-electron chi connectivity index (χ4n) is 4.00. The van der Waals surface area contributed by atoms with Crippen LogP contribution >= 0.6 is 27.5 Å². The summed E-state index contributed by atoms with van der Waals surface area (Å²) in [6.45, 7) is 4.41. The highest BCUT2D eigenvalue weighted by Crippen LogP contribution is 2.37. The fraction of sp³-hybridized carbons (Fsp3) is 0.179. The van der Waals surface area contributed by atoms with Crippen molar-refractivity contribution in [3.63, 3.8) is 0 Å². The molecule has 2 aliphatic heterocycles. The van der Waals surface area contributed by atoms with Gasteiger partial charge in [-0.2, -0.15) is 0 Å². The van der Waals surface area contributed by atoms with Crippen molar-refractivity contribution in [3.05, 3.63) is 80.3 Å². The molecule has 0 radical (unpaired) electrons. The summed E-state index contributed by atoms with van der Waals surface area (Å²) in [5.41, 5.74) is 2.14. The summed E-state index contributed by atoms with van der Waals surface area (Å²) in [4.78, 5) is 39.4. The van der Waals surface area contributed by atoms with E-state index >= 15 is 0 Å². The average Bonchev–Trinajstić information content (AvgIpc) is 3.37. The Bertz CT molecular complexity index is 1540. The summed E-state index contributed by atoms with van der Waals surface area (Å²) in [6.07, 6.45) is 1.39. The molecule has 0 aliphatic carbocycles. The van der Waals surface area contributed by atoms with Crippen molar-refractivity contribution >= 4 is 57.1 Å². The summed E-state index contributed by atoms with van der Waals surface area (Å²) in [5.74, 6) is 0.606. The minimum Gasteiger partial charge on any atom is -0.490 e. The summed E-state index contributed by atoms with van der Waals surface area (Å²) in [7, 11) is 0. The number of fused-ring (bicyclic) bond motifs is 1. The Kier molecular flexibility index (Phi) is 7.49. The second-order valence-corrected chi connectivity index (χ2v) is 9.88. The molecule has 0 saturated carbocycles. The number of ether oxygens (including phenoxy) is 4. The Balaban J connectivity index is 1.43. The number of hydrogen-bond donors (Lipinski definition) is 1. The number of nitrogens with one attached hydrogen (secondary N) is 1.